The van der Waals surface area contributed by atoms with Crippen LogP contribution >= 0.6 is 27.3 Å². The van der Waals surface area contributed by atoms with Crippen LogP contribution in [0.25, 0.3) is 0 Å². The van der Waals surface area contributed by atoms with E-state index in [0.717, 1.165) is 9.35 Å². The lowest BCUT2D eigenvalue weighted by molar-refractivity contribution is 0.472. The lowest BCUT2D eigenvalue weighted by atomic mass is 9.95. The van der Waals surface area contributed by atoms with Gasteiger partial charge in [0.05, 0.1) is 3.79 Å². The molecule has 2 heterocycles. The SMILES string of the molecule is N[C@@H]1CN(S(=O)(=O)c2ccc(Br)s2)C[C@H]1c1ccccc1. The summed E-state index contributed by atoms with van der Waals surface area (Å²) in [6.45, 7) is 0.792. The Hall–Kier alpha value is -0.730. The molecule has 0 amide bonds. The summed E-state index contributed by atoms with van der Waals surface area (Å²) in [7, 11) is -3.45. The molecule has 112 valence electrons. The van der Waals surface area contributed by atoms with E-state index in [9.17, 15) is 8.42 Å². The summed E-state index contributed by atoms with van der Waals surface area (Å²) in [6.07, 6.45) is 0. The molecule has 0 radical (unpaired) electrons. The number of nitrogens with zero attached hydrogens (tertiary/aromatic N) is 1. The molecule has 21 heavy (non-hydrogen) atoms. The molecule has 1 aliphatic heterocycles. The van der Waals surface area contributed by atoms with Crippen LogP contribution in [0.4, 0.5) is 0 Å². The zero-order valence-electron chi connectivity index (χ0n) is 11.1. The van der Waals surface area contributed by atoms with Crippen LogP contribution in [0.3, 0.4) is 0 Å². The fourth-order valence-corrected chi connectivity index (χ4v) is 6.27. The Morgan fingerprint density at radius 1 is 1.14 bits per heavy atom. The maximum atomic E-state index is 12.6. The molecule has 1 aliphatic rings. The molecule has 0 bridgehead atoms. The van der Waals surface area contributed by atoms with E-state index in [-0.39, 0.29) is 12.0 Å². The highest BCUT2D eigenvalue weighted by atomic mass is 79.9. The number of rotatable bonds is 3. The predicted octanol–water partition coefficient (Wildman–Crippen LogP) is 2.63. The Bertz CT molecular complexity index is 730. The van der Waals surface area contributed by atoms with E-state index in [2.05, 4.69) is 15.9 Å². The minimum atomic E-state index is -3.45. The lowest BCUT2D eigenvalue weighted by Crippen LogP contribution is -2.31. The van der Waals surface area contributed by atoms with Crippen molar-refractivity contribution in [1.29, 1.82) is 0 Å². The third kappa shape index (κ3) is 2.93. The summed E-state index contributed by atoms with van der Waals surface area (Å²) in [4.78, 5) is 0. The number of nitrogens with two attached hydrogens (primary N) is 1. The maximum absolute atomic E-state index is 12.6. The normalized spacial score (nSPS) is 23.5. The molecule has 1 fully saturated rings. The van der Waals surface area contributed by atoms with Crippen molar-refractivity contribution in [2.75, 3.05) is 13.1 Å². The molecular weight excluding hydrogens is 372 g/mol. The highest BCUT2D eigenvalue weighted by Gasteiger charge is 2.38. The molecule has 2 N–H and O–H groups in total. The van der Waals surface area contributed by atoms with Gasteiger partial charge in [0, 0.05) is 25.0 Å². The van der Waals surface area contributed by atoms with Gasteiger partial charge in [-0.2, -0.15) is 4.31 Å². The molecule has 1 aromatic heterocycles. The molecule has 2 aromatic rings. The van der Waals surface area contributed by atoms with Gasteiger partial charge in [0.25, 0.3) is 10.0 Å². The van der Waals surface area contributed by atoms with Crippen molar-refractivity contribution in [3.05, 3.63) is 51.8 Å². The first-order valence-electron chi connectivity index (χ1n) is 6.54. The quantitative estimate of drug-likeness (QED) is 0.881. The molecule has 7 heteroatoms. The Balaban J connectivity index is 1.86. The molecule has 0 aliphatic carbocycles. The van der Waals surface area contributed by atoms with Crippen molar-refractivity contribution in [1.82, 2.24) is 4.31 Å². The van der Waals surface area contributed by atoms with Crippen molar-refractivity contribution in [3.8, 4) is 0 Å². The Morgan fingerprint density at radius 3 is 2.48 bits per heavy atom. The fourth-order valence-electron chi connectivity index (χ4n) is 2.60. The molecule has 0 unspecified atom stereocenters. The van der Waals surface area contributed by atoms with Crippen molar-refractivity contribution >= 4 is 37.3 Å². The van der Waals surface area contributed by atoms with E-state index in [4.69, 9.17) is 5.73 Å². The molecule has 3 rings (SSSR count). The second-order valence-electron chi connectivity index (χ2n) is 5.06. The van der Waals surface area contributed by atoms with Gasteiger partial charge in [-0.15, -0.1) is 11.3 Å². The Kier molecular flexibility index (Phi) is 4.20. The van der Waals surface area contributed by atoms with Crippen molar-refractivity contribution < 1.29 is 8.42 Å². The molecule has 4 nitrogen and oxygen atoms in total. The van der Waals surface area contributed by atoms with Crippen LogP contribution in [0.1, 0.15) is 11.5 Å². The Labute approximate surface area is 136 Å². The van der Waals surface area contributed by atoms with E-state index >= 15 is 0 Å². The molecule has 0 saturated carbocycles. The summed E-state index contributed by atoms with van der Waals surface area (Å²) in [5.41, 5.74) is 7.26. The van der Waals surface area contributed by atoms with Crippen LogP contribution in [-0.2, 0) is 10.0 Å². The summed E-state index contributed by atoms with van der Waals surface area (Å²) < 4.78 is 27.9. The summed E-state index contributed by atoms with van der Waals surface area (Å²) in [6, 6.07) is 13.1. The standard InChI is InChI=1S/C14H15BrN2O2S2/c15-13-6-7-14(20-13)21(18,19)17-8-11(12(16)9-17)10-4-2-1-3-5-10/h1-7,11-12H,8-9,16H2/t11-,12+/m0/s1. The van der Waals surface area contributed by atoms with E-state index in [0.29, 0.717) is 17.3 Å². The third-order valence-corrected chi connectivity index (χ3v) is 7.62. The van der Waals surface area contributed by atoms with Gasteiger partial charge in [0.2, 0.25) is 0 Å². The maximum Gasteiger partial charge on any atom is 0.252 e. The van der Waals surface area contributed by atoms with Gasteiger partial charge < -0.3 is 5.73 Å². The highest BCUT2D eigenvalue weighted by molar-refractivity contribution is 9.11. The van der Waals surface area contributed by atoms with Crippen molar-refractivity contribution in [3.63, 3.8) is 0 Å². The van der Waals surface area contributed by atoms with Crippen molar-refractivity contribution in [2.45, 2.75) is 16.2 Å². The number of sulfonamides is 1. The monoisotopic (exact) mass is 386 g/mol. The van der Waals surface area contributed by atoms with E-state index in [1.807, 2.05) is 30.3 Å². The van der Waals surface area contributed by atoms with Crippen LogP contribution in [0, 0.1) is 0 Å². The van der Waals surface area contributed by atoms with E-state index in [1.165, 1.54) is 15.6 Å². The van der Waals surface area contributed by atoms with E-state index < -0.39 is 10.0 Å². The van der Waals surface area contributed by atoms with Gasteiger partial charge >= 0.3 is 0 Å². The van der Waals surface area contributed by atoms with Gasteiger partial charge in [-0.25, -0.2) is 8.42 Å². The number of benzene rings is 1. The fraction of sp³-hybridized carbons (Fsp3) is 0.286. The van der Waals surface area contributed by atoms with Gasteiger partial charge in [0.15, 0.2) is 0 Å². The first-order valence-corrected chi connectivity index (χ1v) is 9.59. The first-order chi connectivity index (χ1) is 9.98. The molecule has 0 spiro atoms. The number of hydrogen-bond donors (Lipinski definition) is 1. The average Bonchev–Trinajstić information content (AvgIpc) is 3.07. The zero-order chi connectivity index (χ0) is 15.0. The molecule has 2 atom stereocenters. The number of halogens is 1. The van der Waals surface area contributed by atoms with Gasteiger partial charge in [-0.3, -0.25) is 0 Å². The lowest BCUT2D eigenvalue weighted by Gasteiger charge is -2.15. The molecule has 1 aromatic carbocycles. The van der Waals surface area contributed by atoms with Crippen LogP contribution < -0.4 is 5.73 Å². The minimum absolute atomic E-state index is 0.0457. The summed E-state index contributed by atoms with van der Waals surface area (Å²) >= 11 is 4.53. The number of hydrogen-bond acceptors (Lipinski definition) is 4. The second kappa shape index (κ2) is 5.81. The van der Waals surface area contributed by atoms with Crippen LogP contribution in [0.5, 0.6) is 0 Å². The predicted molar refractivity (Wildman–Crippen MR) is 87.9 cm³/mol. The summed E-state index contributed by atoms with van der Waals surface area (Å²) in [5.74, 6) is 0.0457. The van der Waals surface area contributed by atoms with Crippen LogP contribution in [0.2, 0.25) is 0 Å². The topological polar surface area (TPSA) is 63.4 Å². The minimum Gasteiger partial charge on any atom is -0.326 e. The zero-order valence-corrected chi connectivity index (χ0v) is 14.4. The third-order valence-electron chi connectivity index (χ3n) is 3.70. The van der Waals surface area contributed by atoms with Gasteiger partial charge in [-0.05, 0) is 33.6 Å². The van der Waals surface area contributed by atoms with E-state index in [1.54, 1.807) is 12.1 Å². The molecular formula is C14H15BrN2O2S2. The van der Waals surface area contributed by atoms with Gasteiger partial charge in [0.1, 0.15) is 4.21 Å². The van der Waals surface area contributed by atoms with Gasteiger partial charge in [-0.1, -0.05) is 30.3 Å². The Morgan fingerprint density at radius 2 is 1.86 bits per heavy atom. The highest BCUT2D eigenvalue weighted by Crippen LogP contribution is 2.33. The molecule has 1 saturated heterocycles. The largest absolute Gasteiger partial charge is 0.326 e. The first kappa shape index (κ1) is 15.2. The smallest absolute Gasteiger partial charge is 0.252 e. The summed E-state index contributed by atoms with van der Waals surface area (Å²) in [5, 5.41) is 0. The number of thiophene rings is 1. The second-order valence-corrected chi connectivity index (χ2v) is 9.69. The van der Waals surface area contributed by atoms with Crippen LogP contribution in [-0.4, -0.2) is 31.9 Å². The van der Waals surface area contributed by atoms with Crippen molar-refractivity contribution in [2.24, 2.45) is 5.73 Å². The average molecular weight is 387 g/mol. The van der Waals surface area contributed by atoms with Crippen LogP contribution in [0.15, 0.2) is 50.5 Å².